The molecule has 0 aliphatic rings. The van der Waals surface area contributed by atoms with Crippen LogP contribution in [0.15, 0.2) is 24.3 Å². The maximum Gasteiger partial charge on any atom is 0.0406 e. The molecule has 2 nitrogen and oxygen atoms in total. The second kappa shape index (κ2) is 6.55. The smallest absolute Gasteiger partial charge is 0.0406 e. The Morgan fingerprint density at radius 2 is 1.67 bits per heavy atom. The maximum absolute atomic E-state index is 6.47. The molecule has 0 bridgehead atoms. The molecule has 2 N–H and O–H groups in total. The molecule has 0 aliphatic heterocycles. The topological polar surface area (TPSA) is 29.3 Å². The fourth-order valence-electron chi connectivity index (χ4n) is 2.80. The highest BCUT2D eigenvalue weighted by Crippen LogP contribution is 2.27. The molecule has 0 spiro atoms. The lowest BCUT2D eigenvalue weighted by Crippen LogP contribution is -2.57. The van der Waals surface area contributed by atoms with Crippen LogP contribution >= 0.6 is 11.6 Å². The molecule has 0 aliphatic carbocycles. The van der Waals surface area contributed by atoms with Crippen molar-refractivity contribution in [1.29, 1.82) is 0 Å². The van der Waals surface area contributed by atoms with Gasteiger partial charge in [-0.05, 0) is 51.1 Å². The van der Waals surface area contributed by atoms with Crippen molar-refractivity contribution in [3.63, 3.8) is 0 Å². The molecule has 0 radical (unpaired) electrons. The van der Waals surface area contributed by atoms with E-state index in [9.17, 15) is 0 Å². The summed E-state index contributed by atoms with van der Waals surface area (Å²) in [6.07, 6.45) is 3.01. The number of rotatable bonds is 6. The Balaban J connectivity index is 2.85. The van der Waals surface area contributed by atoms with E-state index in [-0.39, 0.29) is 11.6 Å². The quantitative estimate of drug-likeness (QED) is 0.858. The van der Waals surface area contributed by atoms with E-state index >= 15 is 0 Å². The van der Waals surface area contributed by atoms with Crippen molar-refractivity contribution in [2.45, 2.75) is 44.7 Å². The lowest BCUT2D eigenvalue weighted by Gasteiger charge is -2.43. The van der Waals surface area contributed by atoms with Crippen LogP contribution in [0.25, 0.3) is 0 Å². The molecule has 0 amide bonds. The first-order chi connectivity index (χ1) is 8.46. The number of likely N-dealkylation sites (N-methyl/N-ethyl adjacent to an activating group) is 1. The Kier molecular flexibility index (Phi) is 5.64. The number of hydrogen-bond acceptors (Lipinski definition) is 2. The van der Waals surface area contributed by atoms with E-state index in [2.05, 4.69) is 45.0 Å². The van der Waals surface area contributed by atoms with Gasteiger partial charge in [0.15, 0.2) is 0 Å². The van der Waals surface area contributed by atoms with Crippen molar-refractivity contribution in [2.24, 2.45) is 5.73 Å². The normalized spacial score (nSPS) is 13.9. The minimum Gasteiger partial charge on any atom is -0.326 e. The molecule has 0 saturated carbocycles. The minimum absolute atomic E-state index is 0.0691. The van der Waals surface area contributed by atoms with Crippen molar-refractivity contribution in [2.75, 3.05) is 14.1 Å². The number of halogens is 1. The largest absolute Gasteiger partial charge is 0.326 e. The summed E-state index contributed by atoms with van der Waals surface area (Å²) in [5.74, 6) is 0. The number of nitrogens with two attached hydrogens (primary N) is 1. The zero-order valence-corrected chi connectivity index (χ0v) is 12.7. The standard InChI is InChI=1S/C15H25ClN2/c1-5-15(6-2,18(3)4)14(17)11-12-7-9-13(16)10-8-12/h7-10,14H,5-6,11,17H2,1-4H3. The Labute approximate surface area is 116 Å². The second-order valence-corrected chi connectivity index (χ2v) is 5.58. The third-order valence-electron chi connectivity index (χ3n) is 4.17. The van der Waals surface area contributed by atoms with Crippen molar-refractivity contribution in [3.8, 4) is 0 Å². The first kappa shape index (κ1) is 15.5. The van der Waals surface area contributed by atoms with Gasteiger partial charge in [-0.3, -0.25) is 0 Å². The molecule has 1 rings (SSSR count). The molecule has 1 aromatic rings. The predicted molar refractivity (Wildman–Crippen MR) is 80.1 cm³/mol. The van der Waals surface area contributed by atoms with E-state index in [0.717, 1.165) is 24.3 Å². The molecule has 0 heterocycles. The van der Waals surface area contributed by atoms with E-state index in [4.69, 9.17) is 17.3 Å². The molecule has 0 saturated heterocycles. The fourth-order valence-corrected chi connectivity index (χ4v) is 2.93. The molecule has 3 heteroatoms. The van der Waals surface area contributed by atoms with E-state index in [1.807, 2.05) is 12.1 Å². The summed E-state index contributed by atoms with van der Waals surface area (Å²) in [5, 5.41) is 0.775. The molecule has 0 aromatic heterocycles. The van der Waals surface area contributed by atoms with Gasteiger partial charge in [0.05, 0.1) is 0 Å². The van der Waals surface area contributed by atoms with E-state index in [1.165, 1.54) is 5.56 Å². The zero-order valence-electron chi connectivity index (χ0n) is 11.9. The lowest BCUT2D eigenvalue weighted by atomic mass is 9.81. The predicted octanol–water partition coefficient (Wildman–Crippen LogP) is 3.33. The van der Waals surface area contributed by atoms with E-state index in [1.54, 1.807) is 0 Å². The van der Waals surface area contributed by atoms with Crippen molar-refractivity contribution < 1.29 is 0 Å². The van der Waals surface area contributed by atoms with E-state index < -0.39 is 0 Å². The summed E-state index contributed by atoms with van der Waals surface area (Å²) in [7, 11) is 4.24. The Morgan fingerprint density at radius 1 is 1.17 bits per heavy atom. The van der Waals surface area contributed by atoms with Gasteiger partial charge in [-0.2, -0.15) is 0 Å². The third-order valence-corrected chi connectivity index (χ3v) is 4.43. The van der Waals surface area contributed by atoms with Gasteiger partial charge < -0.3 is 10.6 Å². The maximum atomic E-state index is 6.47. The highest BCUT2D eigenvalue weighted by Gasteiger charge is 2.35. The average molecular weight is 269 g/mol. The van der Waals surface area contributed by atoms with Gasteiger partial charge in [0.2, 0.25) is 0 Å². The summed E-state index contributed by atoms with van der Waals surface area (Å²) in [5.41, 5.74) is 7.79. The average Bonchev–Trinajstić information content (AvgIpc) is 2.34. The van der Waals surface area contributed by atoms with Crippen LogP contribution < -0.4 is 5.73 Å². The van der Waals surface area contributed by atoms with Crippen LogP contribution in [0.1, 0.15) is 32.3 Å². The van der Waals surface area contributed by atoms with Crippen molar-refractivity contribution >= 4 is 11.6 Å². The van der Waals surface area contributed by atoms with Crippen molar-refractivity contribution in [3.05, 3.63) is 34.9 Å². The summed E-state index contributed by atoms with van der Waals surface area (Å²) in [4.78, 5) is 2.27. The van der Waals surface area contributed by atoms with Crippen LogP contribution in [0, 0.1) is 0 Å². The summed E-state index contributed by atoms with van der Waals surface area (Å²) in [6, 6.07) is 8.11. The summed E-state index contributed by atoms with van der Waals surface area (Å²) < 4.78 is 0. The Morgan fingerprint density at radius 3 is 2.06 bits per heavy atom. The molecule has 1 aromatic carbocycles. The van der Waals surface area contributed by atoms with Crippen LogP contribution in [0.2, 0.25) is 5.02 Å². The van der Waals surface area contributed by atoms with Crippen LogP contribution in [-0.2, 0) is 6.42 Å². The second-order valence-electron chi connectivity index (χ2n) is 5.14. The first-order valence-electron chi connectivity index (χ1n) is 6.63. The molecule has 1 unspecified atom stereocenters. The fraction of sp³-hybridized carbons (Fsp3) is 0.600. The molecule has 0 fully saturated rings. The molecule has 1 atom stereocenters. The van der Waals surface area contributed by atoms with Crippen LogP contribution in [0.5, 0.6) is 0 Å². The SMILES string of the molecule is CCC(CC)(C(N)Cc1ccc(Cl)cc1)N(C)C. The number of hydrogen-bond donors (Lipinski definition) is 1. The highest BCUT2D eigenvalue weighted by atomic mass is 35.5. The van der Waals surface area contributed by atoms with Gasteiger partial charge in [-0.1, -0.05) is 37.6 Å². The van der Waals surface area contributed by atoms with Gasteiger partial charge in [0.25, 0.3) is 0 Å². The highest BCUT2D eigenvalue weighted by molar-refractivity contribution is 6.30. The van der Waals surface area contributed by atoms with Gasteiger partial charge in [0.1, 0.15) is 0 Å². The van der Waals surface area contributed by atoms with Crippen molar-refractivity contribution in [1.82, 2.24) is 4.90 Å². The summed E-state index contributed by atoms with van der Waals surface area (Å²) in [6.45, 7) is 4.43. The molecule has 18 heavy (non-hydrogen) atoms. The monoisotopic (exact) mass is 268 g/mol. The number of nitrogens with zero attached hydrogens (tertiary/aromatic N) is 1. The number of benzene rings is 1. The first-order valence-corrected chi connectivity index (χ1v) is 7.01. The minimum atomic E-state index is 0.0691. The Hall–Kier alpha value is -0.570. The lowest BCUT2D eigenvalue weighted by molar-refractivity contribution is 0.105. The third kappa shape index (κ3) is 3.25. The van der Waals surface area contributed by atoms with Gasteiger partial charge in [-0.15, -0.1) is 0 Å². The van der Waals surface area contributed by atoms with Gasteiger partial charge in [-0.25, -0.2) is 0 Å². The Bertz CT molecular complexity index is 355. The zero-order chi connectivity index (χ0) is 13.8. The van der Waals surface area contributed by atoms with Gasteiger partial charge >= 0.3 is 0 Å². The van der Waals surface area contributed by atoms with Crippen LogP contribution in [0.4, 0.5) is 0 Å². The van der Waals surface area contributed by atoms with Gasteiger partial charge in [0, 0.05) is 16.6 Å². The molecule has 102 valence electrons. The van der Waals surface area contributed by atoms with Crippen LogP contribution in [0.3, 0.4) is 0 Å². The van der Waals surface area contributed by atoms with E-state index in [0.29, 0.717) is 0 Å². The molecular formula is C15H25ClN2. The summed E-state index contributed by atoms with van der Waals surface area (Å²) >= 11 is 5.90. The molecular weight excluding hydrogens is 244 g/mol. The van der Waals surface area contributed by atoms with Crippen LogP contribution in [-0.4, -0.2) is 30.6 Å².